The third-order valence-electron chi connectivity index (χ3n) is 3.26. The lowest BCUT2D eigenvalue weighted by atomic mass is 10.1. The lowest BCUT2D eigenvalue weighted by molar-refractivity contribution is -0.112. The molecule has 5 nitrogen and oxygen atoms in total. The van der Waals surface area contributed by atoms with Crippen molar-refractivity contribution in [3.8, 4) is 11.1 Å². The van der Waals surface area contributed by atoms with Crippen LogP contribution < -0.4 is 10.9 Å². The van der Waals surface area contributed by atoms with Crippen molar-refractivity contribution in [1.29, 1.82) is 0 Å². The number of hydrogen-bond acceptors (Lipinski definition) is 4. The van der Waals surface area contributed by atoms with Crippen LogP contribution in [0, 0.1) is 6.92 Å². The van der Waals surface area contributed by atoms with Gasteiger partial charge in [0.25, 0.3) is 5.56 Å². The molecule has 0 spiro atoms. The van der Waals surface area contributed by atoms with Gasteiger partial charge >= 0.3 is 0 Å². The summed E-state index contributed by atoms with van der Waals surface area (Å²) in [4.78, 5) is 27.1. The van der Waals surface area contributed by atoms with Gasteiger partial charge < -0.3 is 9.88 Å². The lowest BCUT2D eigenvalue weighted by Crippen LogP contribution is -2.22. The highest BCUT2D eigenvalue weighted by Gasteiger charge is 2.10. The maximum absolute atomic E-state index is 12.2. The Labute approximate surface area is 123 Å². The van der Waals surface area contributed by atoms with Gasteiger partial charge in [-0.25, -0.2) is 0 Å². The number of nitrogens with zero attached hydrogens (tertiary/aromatic N) is 2. The molecule has 0 aliphatic rings. The molecule has 0 aliphatic carbocycles. The van der Waals surface area contributed by atoms with Crippen molar-refractivity contribution < 1.29 is 4.79 Å². The van der Waals surface area contributed by atoms with Crippen molar-refractivity contribution in [2.45, 2.75) is 13.8 Å². The average molecular weight is 283 g/mol. The molecule has 1 N–H and O–H groups in total. The fraction of sp³-hybridized carbons (Fsp3) is 0.188. The van der Waals surface area contributed by atoms with Crippen LogP contribution in [-0.2, 0) is 11.8 Å². The van der Waals surface area contributed by atoms with Gasteiger partial charge in [0.1, 0.15) is 5.69 Å². The summed E-state index contributed by atoms with van der Waals surface area (Å²) in [6.07, 6.45) is 6.28. The van der Waals surface area contributed by atoms with Gasteiger partial charge in [-0.1, -0.05) is 0 Å². The molecule has 5 heteroatoms. The number of aromatic nitrogens is 2. The van der Waals surface area contributed by atoms with Crippen LogP contribution in [0.3, 0.4) is 0 Å². The second-order valence-corrected chi connectivity index (χ2v) is 4.75. The Balaban J connectivity index is 2.51. The molecule has 108 valence electrons. The third kappa shape index (κ3) is 3.25. The molecule has 21 heavy (non-hydrogen) atoms. The molecule has 2 aromatic rings. The Morgan fingerprint density at radius 1 is 1.33 bits per heavy atom. The first kappa shape index (κ1) is 14.7. The highest BCUT2D eigenvalue weighted by atomic mass is 16.1. The fourth-order valence-electron chi connectivity index (χ4n) is 2.00. The second kappa shape index (κ2) is 6.17. The van der Waals surface area contributed by atoms with E-state index in [1.165, 1.54) is 19.2 Å². The van der Waals surface area contributed by atoms with E-state index in [2.05, 4.69) is 10.3 Å². The predicted octanol–water partition coefficient (Wildman–Crippen LogP) is 2.27. The molecule has 0 saturated carbocycles. The van der Waals surface area contributed by atoms with Crippen molar-refractivity contribution in [1.82, 2.24) is 9.55 Å². The first-order chi connectivity index (χ1) is 10.0. The number of carbonyl (C=O) groups is 1. The Kier molecular flexibility index (Phi) is 4.33. The topological polar surface area (TPSA) is 64.0 Å². The Morgan fingerprint density at radius 2 is 2.00 bits per heavy atom. The highest BCUT2D eigenvalue weighted by molar-refractivity contribution is 5.87. The molecule has 0 radical (unpaired) electrons. The van der Waals surface area contributed by atoms with E-state index in [-0.39, 0.29) is 11.3 Å². The minimum Gasteiger partial charge on any atom is -0.357 e. The zero-order valence-corrected chi connectivity index (χ0v) is 12.3. The van der Waals surface area contributed by atoms with Crippen molar-refractivity contribution in [3.05, 3.63) is 58.9 Å². The molecule has 0 amide bonds. The van der Waals surface area contributed by atoms with Crippen LogP contribution in [0.25, 0.3) is 11.1 Å². The molecule has 0 bridgehead atoms. The van der Waals surface area contributed by atoms with Crippen LogP contribution in [0.2, 0.25) is 0 Å². The van der Waals surface area contributed by atoms with E-state index in [4.69, 9.17) is 0 Å². The predicted molar refractivity (Wildman–Crippen MR) is 83.1 cm³/mol. The third-order valence-corrected chi connectivity index (χ3v) is 3.26. The summed E-state index contributed by atoms with van der Waals surface area (Å²) in [5.74, 6) is -0.0826. The number of hydrogen-bond donors (Lipinski definition) is 1. The summed E-state index contributed by atoms with van der Waals surface area (Å²) in [5, 5.41) is 2.87. The zero-order valence-electron chi connectivity index (χ0n) is 12.3. The van der Waals surface area contributed by atoms with Gasteiger partial charge in [-0.05, 0) is 43.7 Å². The maximum atomic E-state index is 12.2. The van der Waals surface area contributed by atoms with Crippen molar-refractivity contribution in [3.63, 3.8) is 0 Å². The second-order valence-electron chi connectivity index (χ2n) is 4.75. The lowest BCUT2D eigenvalue weighted by Gasteiger charge is -2.13. The summed E-state index contributed by atoms with van der Waals surface area (Å²) in [6.45, 7) is 3.35. The van der Waals surface area contributed by atoms with Crippen LogP contribution in [0.1, 0.15) is 12.6 Å². The van der Waals surface area contributed by atoms with Gasteiger partial charge in [0, 0.05) is 36.9 Å². The van der Waals surface area contributed by atoms with Crippen molar-refractivity contribution in [2.24, 2.45) is 7.05 Å². The summed E-state index contributed by atoms with van der Waals surface area (Å²) in [6, 6.07) is 5.57. The zero-order chi connectivity index (χ0) is 15.4. The molecule has 0 unspecified atom stereocenters. The van der Waals surface area contributed by atoms with Crippen LogP contribution >= 0.6 is 0 Å². The van der Waals surface area contributed by atoms with Crippen LogP contribution in [-0.4, -0.2) is 15.3 Å². The van der Waals surface area contributed by atoms with E-state index in [1.54, 1.807) is 30.1 Å². The van der Waals surface area contributed by atoms with Gasteiger partial charge in [-0.15, -0.1) is 0 Å². The Bertz CT molecular complexity index is 746. The van der Waals surface area contributed by atoms with E-state index in [9.17, 15) is 9.59 Å². The fourth-order valence-corrected chi connectivity index (χ4v) is 2.00. The van der Waals surface area contributed by atoms with Crippen LogP contribution in [0.15, 0.2) is 47.7 Å². The number of ketones is 1. The number of allylic oxidation sites excluding steroid dienone is 1. The molecule has 0 atom stereocenters. The number of carbonyl (C=O) groups excluding carboxylic acids is 1. The standard InChI is InChI=1S/C16H17N3O2/c1-11(20)4-9-18-15-10-14(12(2)19(3)16(15)21)13-5-7-17-8-6-13/h4-10,18H,1-3H3/b9-4+. The highest BCUT2D eigenvalue weighted by Crippen LogP contribution is 2.23. The normalized spacial score (nSPS) is 10.8. The molecule has 2 rings (SSSR count). The molecule has 0 aliphatic heterocycles. The molecule has 0 saturated heterocycles. The van der Waals surface area contributed by atoms with E-state index in [0.717, 1.165) is 16.8 Å². The minimum atomic E-state index is -0.140. The summed E-state index contributed by atoms with van der Waals surface area (Å²) in [7, 11) is 1.72. The van der Waals surface area contributed by atoms with Gasteiger partial charge in [-0.3, -0.25) is 14.6 Å². The molecule has 0 aromatic carbocycles. The summed E-state index contributed by atoms with van der Waals surface area (Å²) >= 11 is 0. The Hall–Kier alpha value is -2.69. The van der Waals surface area contributed by atoms with Gasteiger partial charge in [0.05, 0.1) is 0 Å². The molecule has 2 aromatic heterocycles. The molecular formula is C16H17N3O2. The molecular weight excluding hydrogens is 266 g/mol. The SMILES string of the molecule is CC(=O)/C=C/Nc1cc(-c2ccncc2)c(C)n(C)c1=O. The number of nitrogens with one attached hydrogen (secondary N) is 1. The average Bonchev–Trinajstić information content (AvgIpc) is 2.48. The first-order valence-corrected chi connectivity index (χ1v) is 6.55. The Morgan fingerprint density at radius 3 is 2.62 bits per heavy atom. The largest absolute Gasteiger partial charge is 0.357 e. The van der Waals surface area contributed by atoms with Crippen LogP contribution in [0.4, 0.5) is 5.69 Å². The monoisotopic (exact) mass is 283 g/mol. The summed E-state index contributed by atoms with van der Waals surface area (Å²) in [5.41, 5.74) is 3.08. The van der Waals surface area contributed by atoms with Crippen LogP contribution in [0.5, 0.6) is 0 Å². The van der Waals surface area contributed by atoms with Crippen molar-refractivity contribution in [2.75, 3.05) is 5.32 Å². The summed E-state index contributed by atoms with van der Waals surface area (Å²) < 4.78 is 1.58. The van der Waals surface area contributed by atoms with Gasteiger partial charge in [0.15, 0.2) is 5.78 Å². The van der Waals surface area contributed by atoms with E-state index < -0.39 is 0 Å². The smallest absolute Gasteiger partial charge is 0.274 e. The van der Waals surface area contributed by atoms with Gasteiger partial charge in [0.2, 0.25) is 0 Å². The van der Waals surface area contributed by atoms with Crippen molar-refractivity contribution >= 4 is 11.5 Å². The number of anilines is 1. The minimum absolute atomic E-state index is 0.0826. The van der Waals surface area contributed by atoms with E-state index in [0.29, 0.717) is 5.69 Å². The van der Waals surface area contributed by atoms with Gasteiger partial charge in [-0.2, -0.15) is 0 Å². The molecule has 2 heterocycles. The van der Waals surface area contributed by atoms with E-state index in [1.807, 2.05) is 19.1 Å². The first-order valence-electron chi connectivity index (χ1n) is 6.55. The van der Waals surface area contributed by atoms with E-state index >= 15 is 0 Å². The quantitative estimate of drug-likeness (QED) is 0.874. The number of pyridine rings is 2. The maximum Gasteiger partial charge on any atom is 0.274 e. The molecule has 0 fully saturated rings. The number of rotatable bonds is 4.